The van der Waals surface area contributed by atoms with E-state index in [-0.39, 0.29) is 18.6 Å². The molecule has 1 N–H and O–H groups in total. The Labute approximate surface area is 227 Å². The lowest BCUT2D eigenvalue weighted by atomic mass is 10.00. The van der Waals surface area contributed by atoms with E-state index in [1.54, 1.807) is 10.7 Å². The summed E-state index contributed by atoms with van der Waals surface area (Å²) in [6, 6.07) is 7.75. The zero-order valence-corrected chi connectivity index (χ0v) is 24.2. The molecule has 1 atom stereocenters. The molecule has 0 unspecified atom stereocenters. The Morgan fingerprint density at radius 3 is 2.59 bits per heavy atom. The normalized spacial score (nSPS) is 15.2. The van der Waals surface area contributed by atoms with Gasteiger partial charge in [0.1, 0.15) is 18.2 Å². The standard InChI is InChI=1S/C25H29BrF4N4OSSi/c1-37(2,3)11-10-35-15-34-14-20(24(32-34)19-12-17(27)6-8-21(19)26)23(16-4-5-16)33-36-18-7-9-22(31-13-18)25(28,29)30/h6-9,12-14,16,23,33H,4-5,10-11,15H2,1-3H3/t23-/m1/s1. The fourth-order valence-electron chi connectivity index (χ4n) is 3.74. The first-order valence-electron chi connectivity index (χ1n) is 12.0. The zero-order chi connectivity index (χ0) is 26.8. The Bertz CT molecular complexity index is 1210. The smallest absolute Gasteiger partial charge is 0.360 e. The van der Waals surface area contributed by atoms with Crippen molar-refractivity contribution in [3.05, 3.63) is 64.3 Å². The van der Waals surface area contributed by atoms with Crippen LogP contribution in [-0.4, -0.2) is 29.4 Å². The van der Waals surface area contributed by atoms with Crippen LogP contribution in [0.25, 0.3) is 11.3 Å². The molecule has 4 rings (SSSR count). The molecular formula is C25H29BrF4N4OSSi. The Kier molecular flexibility index (Phi) is 8.84. The maximum atomic E-state index is 14.2. The summed E-state index contributed by atoms with van der Waals surface area (Å²) in [5, 5.41) is 4.76. The highest BCUT2D eigenvalue weighted by atomic mass is 79.9. The van der Waals surface area contributed by atoms with E-state index in [1.807, 2.05) is 6.20 Å². The molecule has 1 aliphatic rings. The Morgan fingerprint density at radius 2 is 1.97 bits per heavy atom. The van der Waals surface area contributed by atoms with Crippen molar-refractivity contribution in [3.63, 3.8) is 0 Å². The van der Waals surface area contributed by atoms with Crippen LogP contribution in [0.5, 0.6) is 0 Å². The molecule has 0 bridgehead atoms. The summed E-state index contributed by atoms with van der Waals surface area (Å²) in [6.45, 7) is 7.79. The lowest BCUT2D eigenvalue weighted by molar-refractivity contribution is -0.141. The number of rotatable bonds is 11. The molecule has 2 heterocycles. The van der Waals surface area contributed by atoms with Crippen molar-refractivity contribution in [2.45, 2.75) is 62.4 Å². The van der Waals surface area contributed by atoms with Crippen LogP contribution in [0.3, 0.4) is 0 Å². The molecule has 1 aliphatic carbocycles. The molecule has 2 aromatic heterocycles. The summed E-state index contributed by atoms with van der Waals surface area (Å²) >= 11 is 4.75. The van der Waals surface area contributed by atoms with Crippen molar-refractivity contribution in [3.8, 4) is 11.3 Å². The van der Waals surface area contributed by atoms with Crippen LogP contribution in [0.1, 0.15) is 30.1 Å². The molecule has 0 amide bonds. The molecule has 37 heavy (non-hydrogen) atoms. The van der Waals surface area contributed by atoms with Gasteiger partial charge in [0.25, 0.3) is 0 Å². The third kappa shape index (κ3) is 7.88. The molecule has 200 valence electrons. The van der Waals surface area contributed by atoms with E-state index in [2.05, 4.69) is 45.3 Å². The van der Waals surface area contributed by atoms with E-state index < -0.39 is 19.9 Å². The topological polar surface area (TPSA) is 52.0 Å². The highest BCUT2D eigenvalue weighted by molar-refractivity contribution is 9.10. The van der Waals surface area contributed by atoms with Crippen molar-refractivity contribution in [1.82, 2.24) is 19.5 Å². The number of nitrogens with one attached hydrogen (secondary N) is 1. The zero-order valence-electron chi connectivity index (χ0n) is 20.8. The van der Waals surface area contributed by atoms with E-state index in [1.165, 1.54) is 36.3 Å². The Balaban J connectivity index is 1.58. The number of hydrogen-bond donors (Lipinski definition) is 1. The SMILES string of the molecule is C[Si](C)(C)CCOCn1cc([C@H](NSc2ccc(C(F)(F)F)nc2)C2CC2)c(-c2cc(F)ccc2Br)n1. The Hall–Kier alpha value is -1.73. The summed E-state index contributed by atoms with van der Waals surface area (Å²) in [6.07, 6.45) is 0.662. The van der Waals surface area contributed by atoms with Crippen molar-refractivity contribution in [1.29, 1.82) is 0 Å². The van der Waals surface area contributed by atoms with Crippen LogP contribution in [0, 0.1) is 11.7 Å². The maximum Gasteiger partial charge on any atom is 0.433 e. The van der Waals surface area contributed by atoms with Gasteiger partial charge in [0, 0.05) is 53.6 Å². The van der Waals surface area contributed by atoms with Crippen molar-refractivity contribution >= 4 is 36.0 Å². The van der Waals surface area contributed by atoms with Crippen molar-refractivity contribution in [2.24, 2.45) is 5.92 Å². The first-order chi connectivity index (χ1) is 17.4. The summed E-state index contributed by atoms with van der Waals surface area (Å²) < 4.78 is 64.6. The quantitative estimate of drug-likeness (QED) is 0.103. The highest BCUT2D eigenvalue weighted by Gasteiger charge is 2.36. The van der Waals surface area contributed by atoms with Gasteiger partial charge in [0.15, 0.2) is 0 Å². The van der Waals surface area contributed by atoms with Crippen molar-refractivity contribution < 1.29 is 22.3 Å². The van der Waals surface area contributed by atoms with Gasteiger partial charge < -0.3 is 4.74 Å². The molecule has 5 nitrogen and oxygen atoms in total. The summed E-state index contributed by atoms with van der Waals surface area (Å²) in [7, 11) is -1.23. The van der Waals surface area contributed by atoms with Gasteiger partial charge in [-0.15, -0.1) is 0 Å². The van der Waals surface area contributed by atoms with Gasteiger partial charge in [-0.25, -0.2) is 9.07 Å². The fraction of sp³-hybridized carbons (Fsp3) is 0.440. The van der Waals surface area contributed by atoms with Gasteiger partial charge in [0.2, 0.25) is 0 Å². The van der Waals surface area contributed by atoms with E-state index in [0.29, 0.717) is 33.2 Å². The minimum Gasteiger partial charge on any atom is -0.360 e. The third-order valence-corrected chi connectivity index (χ3v) is 9.20. The molecule has 1 aromatic carbocycles. The first-order valence-corrected chi connectivity index (χ1v) is 17.3. The molecule has 1 saturated carbocycles. The van der Waals surface area contributed by atoms with Crippen LogP contribution in [0.4, 0.5) is 17.6 Å². The lowest BCUT2D eigenvalue weighted by Crippen LogP contribution is -2.22. The molecule has 0 radical (unpaired) electrons. The van der Waals surface area contributed by atoms with Crippen LogP contribution in [0.2, 0.25) is 25.7 Å². The molecule has 0 aliphatic heterocycles. The molecular weight excluding hydrogens is 588 g/mol. The molecule has 12 heteroatoms. The third-order valence-electron chi connectivity index (χ3n) is 5.95. The van der Waals surface area contributed by atoms with Gasteiger partial charge >= 0.3 is 6.18 Å². The van der Waals surface area contributed by atoms with E-state index in [4.69, 9.17) is 9.84 Å². The molecule has 0 saturated heterocycles. The largest absolute Gasteiger partial charge is 0.433 e. The van der Waals surface area contributed by atoms with Gasteiger partial charge in [-0.2, -0.15) is 18.3 Å². The second-order valence-electron chi connectivity index (χ2n) is 10.4. The minimum absolute atomic E-state index is 0.145. The predicted molar refractivity (Wildman–Crippen MR) is 143 cm³/mol. The average Bonchev–Trinajstić information content (AvgIpc) is 3.57. The number of aromatic nitrogens is 3. The predicted octanol–water partition coefficient (Wildman–Crippen LogP) is 7.93. The summed E-state index contributed by atoms with van der Waals surface area (Å²) in [5.41, 5.74) is 1.22. The van der Waals surface area contributed by atoms with E-state index >= 15 is 0 Å². The van der Waals surface area contributed by atoms with Gasteiger partial charge in [-0.05, 0) is 67.1 Å². The minimum atomic E-state index is -4.48. The van der Waals surface area contributed by atoms with Gasteiger partial charge in [0.05, 0.1) is 5.69 Å². The number of halogens is 5. The second kappa shape index (κ2) is 11.6. The average molecular weight is 618 g/mol. The molecule has 0 spiro atoms. The second-order valence-corrected chi connectivity index (χ2v) is 17.7. The van der Waals surface area contributed by atoms with E-state index in [0.717, 1.165) is 30.5 Å². The highest BCUT2D eigenvalue weighted by Crippen LogP contribution is 2.46. The molecule has 1 fully saturated rings. The first kappa shape index (κ1) is 28.3. The van der Waals surface area contributed by atoms with Crippen molar-refractivity contribution in [2.75, 3.05) is 6.61 Å². The summed E-state index contributed by atoms with van der Waals surface area (Å²) in [5.74, 6) is -0.0438. The number of benzene rings is 1. The fourth-order valence-corrected chi connectivity index (χ4v) is 5.75. The Morgan fingerprint density at radius 1 is 1.22 bits per heavy atom. The number of pyridine rings is 1. The van der Waals surface area contributed by atoms with Crippen LogP contribution in [0.15, 0.2) is 52.1 Å². The number of hydrogen-bond acceptors (Lipinski definition) is 5. The number of nitrogens with zero attached hydrogens (tertiary/aromatic N) is 3. The van der Waals surface area contributed by atoms with E-state index in [9.17, 15) is 17.6 Å². The maximum absolute atomic E-state index is 14.2. The van der Waals surface area contributed by atoms with Crippen LogP contribution < -0.4 is 4.72 Å². The molecule has 3 aromatic rings. The summed E-state index contributed by atoms with van der Waals surface area (Å²) in [4.78, 5) is 4.11. The number of alkyl halides is 3. The van der Waals surface area contributed by atoms with Crippen LogP contribution >= 0.6 is 27.9 Å². The number of ether oxygens (including phenoxy) is 1. The lowest BCUT2D eigenvalue weighted by Gasteiger charge is -2.18. The van der Waals surface area contributed by atoms with Gasteiger partial charge in [-0.3, -0.25) is 9.71 Å². The monoisotopic (exact) mass is 616 g/mol. The van der Waals surface area contributed by atoms with Gasteiger partial charge in [-0.1, -0.05) is 35.6 Å². The van der Waals surface area contributed by atoms with Crippen LogP contribution in [-0.2, 0) is 17.6 Å².